The van der Waals surface area contributed by atoms with Crippen molar-refractivity contribution in [2.24, 2.45) is 0 Å². The summed E-state index contributed by atoms with van der Waals surface area (Å²) in [6.45, 7) is 2.69. The first-order valence-corrected chi connectivity index (χ1v) is 7.38. The van der Waals surface area contributed by atoms with Crippen LogP contribution in [0.5, 0.6) is 5.75 Å². The minimum absolute atomic E-state index is 0.0253. The third-order valence-corrected chi connectivity index (χ3v) is 3.78. The quantitative estimate of drug-likeness (QED) is 0.701. The van der Waals surface area contributed by atoms with Crippen molar-refractivity contribution in [2.45, 2.75) is 24.8 Å². The molecule has 0 radical (unpaired) electrons. The van der Waals surface area contributed by atoms with E-state index in [2.05, 4.69) is 10.0 Å². The van der Waals surface area contributed by atoms with Gasteiger partial charge < -0.3 is 15.2 Å². The molecule has 1 aromatic rings. The fraction of sp³-hybridized carbons (Fsp3) is 0.417. The molecule has 0 bridgehead atoms. The number of rotatable bonds is 6. The van der Waals surface area contributed by atoms with Crippen LogP contribution in [0.1, 0.15) is 13.8 Å². The lowest BCUT2D eigenvalue weighted by molar-refractivity contribution is -0.114. The van der Waals surface area contributed by atoms with Crippen molar-refractivity contribution < 1.29 is 23.1 Å². The number of aliphatic hydroxyl groups is 1. The molecule has 0 saturated carbocycles. The molecule has 0 aromatic heterocycles. The summed E-state index contributed by atoms with van der Waals surface area (Å²) in [5, 5.41) is 11.6. The van der Waals surface area contributed by atoms with Crippen molar-refractivity contribution in [1.82, 2.24) is 4.72 Å². The average Bonchev–Trinajstić information content (AvgIpc) is 2.35. The van der Waals surface area contributed by atoms with Gasteiger partial charge >= 0.3 is 0 Å². The number of nitrogens with one attached hydrogen (secondary N) is 2. The summed E-state index contributed by atoms with van der Waals surface area (Å²) in [6.07, 6.45) is -0.794. The van der Waals surface area contributed by atoms with Gasteiger partial charge in [0.05, 0.1) is 23.8 Å². The Kier molecular flexibility index (Phi) is 5.49. The minimum Gasteiger partial charge on any atom is -0.495 e. The van der Waals surface area contributed by atoms with Crippen molar-refractivity contribution in [2.75, 3.05) is 19.0 Å². The number of aliphatic hydroxyl groups excluding tert-OH is 1. The van der Waals surface area contributed by atoms with E-state index >= 15 is 0 Å². The van der Waals surface area contributed by atoms with Crippen LogP contribution in [0, 0.1) is 0 Å². The number of benzene rings is 1. The van der Waals surface area contributed by atoms with Gasteiger partial charge in [-0.15, -0.1) is 0 Å². The molecule has 0 heterocycles. The molecule has 112 valence electrons. The van der Waals surface area contributed by atoms with E-state index in [1.807, 2.05) is 0 Å². The molecule has 1 aromatic carbocycles. The van der Waals surface area contributed by atoms with E-state index in [4.69, 9.17) is 9.84 Å². The van der Waals surface area contributed by atoms with Crippen molar-refractivity contribution >= 4 is 21.6 Å². The summed E-state index contributed by atoms with van der Waals surface area (Å²) < 4.78 is 31.3. The Morgan fingerprint density at radius 3 is 2.60 bits per heavy atom. The number of sulfonamides is 1. The second-order valence-corrected chi connectivity index (χ2v) is 6.01. The number of carbonyl (C=O) groups is 1. The predicted octanol–water partition coefficient (Wildman–Crippen LogP) is 0.313. The van der Waals surface area contributed by atoms with Crippen molar-refractivity contribution in [1.29, 1.82) is 0 Å². The largest absolute Gasteiger partial charge is 0.495 e. The highest BCUT2D eigenvalue weighted by molar-refractivity contribution is 7.89. The summed E-state index contributed by atoms with van der Waals surface area (Å²) in [6, 6.07) is 4.10. The normalized spacial score (nSPS) is 12.8. The van der Waals surface area contributed by atoms with Gasteiger partial charge in [0, 0.05) is 13.5 Å². The van der Waals surface area contributed by atoms with Gasteiger partial charge in [0.1, 0.15) is 5.75 Å². The molecule has 0 aliphatic carbocycles. The van der Waals surface area contributed by atoms with Gasteiger partial charge in [0.15, 0.2) is 0 Å². The van der Waals surface area contributed by atoms with Crippen LogP contribution < -0.4 is 14.8 Å². The smallest absolute Gasteiger partial charge is 0.240 e. The van der Waals surface area contributed by atoms with Gasteiger partial charge in [-0.1, -0.05) is 0 Å². The topological polar surface area (TPSA) is 105 Å². The fourth-order valence-corrected chi connectivity index (χ4v) is 2.60. The Labute approximate surface area is 118 Å². The van der Waals surface area contributed by atoms with E-state index in [9.17, 15) is 13.2 Å². The molecule has 0 spiro atoms. The SMILES string of the molecule is COc1ccc(S(=O)(=O)NCC(C)O)cc1NC(C)=O. The first kappa shape index (κ1) is 16.4. The standard InChI is InChI=1S/C12H18N2O5S/c1-8(15)7-13-20(17,18)10-4-5-12(19-3)11(6-10)14-9(2)16/h4-6,8,13,15H,7H2,1-3H3,(H,14,16). The van der Waals surface area contributed by atoms with E-state index in [0.29, 0.717) is 5.75 Å². The third kappa shape index (κ3) is 4.48. The molecule has 3 N–H and O–H groups in total. The number of anilines is 1. The minimum atomic E-state index is -3.76. The Morgan fingerprint density at radius 2 is 2.10 bits per heavy atom. The van der Waals surface area contributed by atoms with Crippen LogP contribution in [0.2, 0.25) is 0 Å². The van der Waals surface area contributed by atoms with Gasteiger partial charge in [-0.3, -0.25) is 4.79 Å². The highest BCUT2D eigenvalue weighted by atomic mass is 32.2. The highest BCUT2D eigenvalue weighted by Crippen LogP contribution is 2.27. The average molecular weight is 302 g/mol. The predicted molar refractivity (Wildman–Crippen MR) is 74.2 cm³/mol. The van der Waals surface area contributed by atoms with Crippen molar-refractivity contribution in [3.05, 3.63) is 18.2 Å². The molecule has 1 amide bonds. The zero-order valence-corrected chi connectivity index (χ0v) is 12.3. The lowest BCUT2D eigenvalue weighted by Crippen LogP contribution is -2.30. The number of ether oxygens (including phenoxy) is 1. The maximum absolute atomic E-state index is 12.0. The van der Waals surface area contributed by atoms with E-state index in [0.717, 1.165) is 0 Å². The molecular weight excluding hydrogens is 284 g/mol. The summed E-state index contributed by atoms with van der Waals surface area (Å²) in [7, 11) is -2.34. The zero-order chi connectivity index (χ0) is 15.3. The van der Waals surface area contributed by atoms with Crippen LogP contribution in [-0.4, -0.2) is 39.2 Å². The molecule has 0 aliphatic rings. The van der Waals surface area contributed by atoms with E-state index < -0.39 is 16.1 Å². The van der Waals surface area contributed by atoms with Gasteiger partial charge in [0.25, 0.3) is 0 Å². The maximum atomic E-state index is 12.0. The lowest BCUT2D eigenvalue weighted by atomic mass is 10.3. The van der Waals surface area contributed by atoms with Crippen molar-refractivity contribution in [3.8, 4) is 5.75 Å². The van der Waals surface area contributed by atoms with Crippen LogP contribution in [-0.2, 0) is 14.8 Å². The molecule has 0 saturated heterocycles. The number of methoxy groups -OCH3 is 1. The number of amides is 1. The van der Waals surface area contributed by atoms with E-state index in [1.54, 1.807) is 0 Å². The molecule has 1 rings (SSSR count). The van der Waals surface area contributed by atoms with Crippen molar-refractivity contribution in [3.63, 3.8) is 0 Å². The molecule has 0 fully saturated rings. The molecule has 20 heavy (non-hydrogen) atoms. The molecule has 8 heteroatoms. The maximum Gasteiger partial charge on any atom is 0.240 e. The summed E-state index contributed by atoms with van der Waals surface area (Å²) in [5.74, 6) is 0.0180. The first-order valence-electron chi connectivity index (χ1n) is 5.89. The fourth-order valence-electron chi connectivity index (χ4n) is 1.46. The van der Waals surface area contributed by atoms with Gasteiger partial charge in [-0.05, 0) is 25.1 Å². The Hall–Kier alpha value is -1.64. The van der Waals surface area contributed by atoms with Gasteiger partial charge in [0.2, 0.25) is 15.9 Å². The number of hydrogen-bond donors (Lipinski definition) is 3. The Morgan fingerprint density at radius 1 is 1.45 bits per heavy atom. The number of carbonyl (C=O) groups excluding carboxylic acids is 1. The summed E-state index contributed by atoms with van der Waals surface area (Å²) >= 11 is 0. The van der Waals surface area contributed by atoms with Crippen LogP contribution in [0.3, 0.4) is 0 Å². The van der Waals surface area contributed by atoms with Crippen LogP contribution in [0.15, 0.2) is 23.1 Å². The summed E-state index contributed by atoms with van der Waals surface area (Å²) in [4.78, 5) is 11.1. The first-order chi connectivity index (χ1) is 9.26. The molecule has 0 aliphatic heterocycles. The molecular formula is C12H18N2O5S. The van der Waals surface area contributed by atoms with Crippen LogP contribution >= 0.6 is 0 Å². The Bertz CT molecular complexity index is 584. The monoisotopic (exact) mass is 302 g/mol. The third-order valence-electron chi connectivity index (χ3n) is 2.36. The van der Waals surface area contributed by atoms with Gasteiger partial charge in [-0.25, -0.2) is 13.1 Å². The molecule has 1 unspecified atom stereocenters. The second-order valence-electron chi connectivity index (χ2n) is 4.24. The van der Waals surface area contributed by atoms with Crippen LogP contribution in [0.25, 0.3) is 0 Å². The highest BCUT2D eigenvalue weighted by Gasteiger charge is 2.17. The van der Waals surface area contributed by atoms with Crippen LogP contribution in [0.4, 0.5) is 5.69 Å². The molecule has 7 nitrogen and oxygen atoms in total. The number of hydrogen-bond acceptors (Lipinski definition) is 5. The summed E-state index contributed by atoms with van der Waals surface area (Å²) in [5.41, 5.74) is 0.264. The Balaban J connectivity index is 3.10. The molecule has 1 atom stereocenters. The van der Waals surface area contributed by atoms with E-state index in [1.165, 1.54) is 39.2 Å². The lowest BCUT2D eigenvalue weighted by Gasteiger charge is -2.12. The zero-order valence-electron chi connectivity index (χ0n) is 11.5. The van der Waals surface area contributed by atoms with E-state index in [-0.39, 0.29) is 23.0 Å². The van der Waals surface area contributed by atoms with Gasteiger partial charge in [-0.2, -0.15) is 0 Å². The second kappa shape index (κ2) is 6.69.